The van der Waals surface area contributed by atoms with Gasteiger partial charge in [-0.25, -0.2) is 0 Å². The summed E-state index contributed by atoms with van der Waals surface area (Å²) in [6.45, 7) is 0. The first kappa shape index (κ1) is 22.5. The minimum absolute atomic E-state index is 0. The van der Waals surface area contributed by atoms with Crippen LogP contribution in [0.3, 0.4) is 0 Å². The van der Waals surface area contributed by atoms with Crippen LogP contribution in [-0.2, 0) is 50.5 Å². The summed E-state index contributed by atoms with van der Waals surface area (Å²) in [5.41, 5.74) is 0. The van der Waals surface area contributed by atoms with Crippen molar-refractivity contribution in [1.82, 2.24) is 6.15 Å². The fourth-order valence-electron chi connectivity index (χ4n) is 0. The fourth-order valence-corrected chi connectivity index (χ4v) is 0. The number of hydrogen-bond acceptors (Lipinski definition) is 5. The van der Waals surface area contributed by atoms with Gasteiger partial charge >= 0.3 is 37.2 Å². The molecule has 0 rings (SSSR count). The Morgan fingerprint density at radius 2 is 1.09 bits per heavy atom. The summed E-state index contributed by atoms with van der Waals surface area (Å²) in [4.78, 5) is 0. The molecular weight excluding hydrogens is 261 g/mol. The van der Waals surface area contributed by atoms with Crippen molar-refractivity contribution < 1.29 is 61.7 Å². The molecule has 6 N–H and O–H groups in total. The Labute approximate surface area is 78.3 Å². The molecule has 0 aromatic rings. The van der Waals surface area contributed by atoms with Gasteiger partial charge in [0.05, 0.1) is 0 Å². The average molecular weight is 267 g/mol. The van der Waals surface area contributed by atoms with E-state index in [0.29, 0.717) is 0 Å². The molecule has 0 saturated carbocycles. The molecule has 0 saturated heterocycles. The molecule has 0 aromatic carbocycles. The zero-order valence-electron chi connectivity index (χ0n) is 4.95. The normalized spacial score (nSPS) is 7.55. The zero-order chi connectivity index (χ0) is 8.08. The summed E-state index contributed by atoms with van der Waals surface area (Å²) < 4.78 is 56.0. The molecule has 11 heteroatoms. The third kappa shape index (κ3) is 2960. The van der Waals surface area contributed by atoms with Gasteiger partial charge < -0.3 is 6.15 Å². The van der Waals surface area contributed by atoms with Crippen molar-refractivity contribution in [2.75, 3.05) is 0 Å². The van der Waals surface area contributed by atoms with E-state index in [2.05, 4.69) is 0 Å². The van der Waals surface area contributed by atoms with Gasteiger partial charge in [-0.3, -0.25) is 9.11 Å². The molecule has 70 valence electrons. The van der Waals surface area contributed by atoms with Crippen LogP contribution in [-0.4, -0.2) is 21.6 Å². The molecule has 8 nitrogen and oxygen atoms in total. The molecule has 0 spiro atoms. The van der Waals surface area contributed by atoms with E-state index < -0.39 is 25.8 Å². The van der Waals surface area contributed by atoms with Gasteiger partial charge in [0.1, 0.15) is 0 Å². The molecule has 0 aromatic heterocycles. The van der Waals surface area contributed by atoms with Gasteiger partial charge in [0.15, 0.2) is 0 Å². The van der Waals surface area contributed by atoms with Gasteiger partial charge in [-0.05, 0) is 0 Å². The summed E-state index contributed by atoms with van der Waals surface area (Å²) in [5, 5.41) is 0. The number of hydrogen-bond donors (Lipinski definition) is 4. The van der Waals surface area contributed by atoms with Crippen molar-refractivity contribution in [2.24, 2.45) is 0 Å². The fraction of sp³-hybridized carbons (Fsp3) is 0. The second-order valence-corrected chi connectivity index (χ2v) is 2.32. The van der Waals surface area contributed by atoms with Crippen LogP contribution in [0.2, 0.25) is 0 Å². The first-order valence-electron chi connectivity index (χ1n) is 1.26. The molecule has 0 atom stereocenters. The van der Waals surface area contributed by atoms with Gasteiger partial charge in [-0.15, -0.1) is 0 Å². The van der Waals surface area contributed by atoms with E-state index in [-0.39, 0.29) is 23.5 Å². The van der Waals surface area contributed by atoms with Gasteiger partial charge in [0, 0.05) is 17.4 Å². The van der Waals surface area contributed by atoms with Crippen molar-refractivity contribution in [3.05, 3.63) is 0 Å². The second kappa shape index (κ2) is 10.5. The van der Waals surface area contributed by atoms with E-state index in [1.807, 2.05) is 0 Å². The standard InChI is InChI=1S/Cr.H3N.H2O4S.H2O.2O.V/c;;1-5(2,3)4;;;;/h;1H3;(H2,1,2,3,4);1H2;;;/q;;;;;;+1/p-1. The monoisotopic (exact) mass is 267 g/mol. The van der Waals surface area contributed by atoms with Crippen LogP contribution in [0.5, 0.6) is 0 Å². The predicted molar refractivity (Wildman–Crippen MR) is 22.8 cm³/mol. The average Bonchev–Trinajstić information content (AvgIpc) is 1.19. The summed E-state index contributed by atoms with van der Waals surface area (Å²) in [6, 6.07) is 0. The first-order valence-corrected chi connectivity index (χ1v) is 4.43. The van der Waals surface area contributed by atoms with Gasteiger partial charge in [0.25, 0.3) is 0 Å². The van der Waals surface area contributed by atoms with Crippen LogP contribution in [0.1, 0.15) is 0 Å². The molecule has 0 aliphatic heterocycles. The van der Waals surface area contributed by atoms with Gasteiger partial charge in [-0.1, -0.05) is 0 Å². The first-order chi connectivity index (χ1) is 3.73. The van der Waals surface area contributed by atoms with Crippen LogP contribution < -0.4 is 6.15 Å². The van der Waals surface area contributed by atoms with E-state index in [1.54, 1.807) is 0 Å². The molecule has 0 radical (unpaired) electrons. The van der Waals surface area contributed by atoms with Crippen LogP contribution >= 0.6 is 0 Å². The Morgan fingerprint density at radius 3 is 1.09 bits per heavy atom. The summed E-state index contributed by atoms with van der Waals surface area (Å²) in [5.74, 6) is 0. The SMILES string of the molecule is N.O=S(=O)(O)O.[Cr].[O]=[V](=[O])[OH]. The summed E-state index contributed by atoms with van der Waals surface area (Å²) in [7, 11) is -4.67. The maximum absolute atomic E-state index is 8.74. The van der Waals surface area contributed by atoms with Crippen LogP contribution in [0.15, 0.2) is 0 Å². The van der Waals surface area contributed by atoms with Crippen LogP contribution in [0.25, 0.3) is 0 Å². The molecule has 0 aliphatic rings. The predicted octanol–water partition coefficient (Wildman–Crippen LogP) is -1.29. The Balaban J connectivity index is -0.0000000383. The van der Waals surface area contributed by atoms with E-state index >= 15 is 0 Å². The van der Waals surface area contributed by atoms with E-state index in [4.69, 9.17) is 28.9 Å². The topological polar surface area (TPSA) is 164 Å². The van der Waals surface area contributed by atoms with Gasteiger partial charge in [0.2, 0.25) is 0 Å². The maximum atomic E-state index is 8.74. The van der Waals surface area contributed by atoms with Crippen LogP contribution in [0.4, 0.5) is 0 Å². The van der Waals surface area contributed by atoms with Crippen molar-refractivity contribution in [1.29, 1.82) is 0 Å². The molecule has 0 unspecified atom stereocenters. The number of rotatable bonds is 0. The third-order valence-corrected chi connectivity index (χ3v) is 0. The van der Waals surface area contributed by atoms with Crippen molar-refractivity contribution in [3.8, 4) is 0 Å². The Bertz CT molecular complexity index is 199. The van der Waals surface area contributed by atoms with E-state index in [0.717, 1.165) is 0 Å². The van der Waals surface area contributed by atoms with Crippen LogP contribution in [0, 0.1) is 0 Å². The molecule has 0 heterocycles. The van der Waals surface area contributed by atoms with E-state index in [1.165, 1.54) is 0 Å². The van der Waals surface area contributed by atoms with Crippen molar-refractivity contribution in [3.63, 3.8) is 0 Å². The molecule has 0 bridgehead atoms. The Morgan fingerprint density at radius 1 is 1.09 bits per heavy atom. The molecular formula is H6CrNO7SV. The molecule has 11 heavy (non-hydrogen) atoms. The Hall–Kier alpha value is 0.507. The molecule has 0 amide bonds. The van der Waals surface area contributed by atoms with Crippen molar-refractivity contribution in [2.45, 2.75) is 0 Å². The van der Waals surface area contributed by atoms with E-state index in [9.17, 15) is 0 Å². The molecule has 0 fully saturated rings. The Kier molecular flexibility index (Phi) is 21.5. The van der Waals surface area contributed by atoms with Gasteiger partial charge in [-0.2, -0.15) is 8.42 Å². The summed E-state index contributed by atoms with van der Waals surface area (Å²) in [6.07, 6.45) is 0. The minimum atomic E-state index is -4.67. The second-order valence-electron chi connectivity index (χ2n) is 0.686. The quantitative estimate of drug-likeness (QED) is 0.393. The third-order valence-electron chi connectivity index (χ3n) is 0. The summed E-state index contributed by atoms with van der Waals surface area (Å²) >= 11 is -3.69. The zero-order valence-corrected chi connectivity index (χ0v) is 8.43. The van der Waals surface area contributed by atoms with Crippen molar-refractivity contribution >= 4 is 10.4 Å². The molecule has 0 aliphatic carbocycles.